The summed E-state index contributed by atoms with van der Waals surface area (Å²) in [6.45, 7) is 0. The minimum Gasteiger partial charge on any atom is -0.503 e. The van der Waals surface area contributed by atoms with E-state index in [0.717, 1.165) is 22.4 Å². The number of phenols is 1. The van der Waals surface area contributed by atoms with E-state index in [1.807, 2.05) is 54.6 Å². The van der Waals surface area contributed by atoms with Crippen molar-refractivity contribution in [3.63, 3.8) is 0 Å². The molecule has 0 saturated heterocycles. The number of anilines is 1. The van der Waals surface area contributed by atoms with Gasteiger partial charge in [-0.1, -0.05) is 54.2 Å². The molecule has 2 heterocycles. The summed E-state index contributed by atoms with van der Waals surface area (Å²) in [7, 11) is 1.49. The van der Waals surface area contributed by atoms with Crippen molar-refractivity contribution < 1.29 is 14.5 Å². The molecule has 0 unspecified atom stereocenters. The Kier molecular flexibility index (Phi) is 6.37. The van der Waals surface area contributed by atoms with Crippen LogP contribution in [0.2, 0.25) is 0 Å². The summed E-state index contributed by atoms with van der Waals surface area (Å²) >= 11 is 8.47. The molecule has 0 saturated carbocycles. The predicted molar refractivity (Wildman–Crippen MR) is 138 cm³/mol. The fourth-order valence-corrected chi connectivity index (χ4v) is 5.61. The van der Waals surface area contributed by atoms with Crippen LogP contribution in [0.3, 0.4) is 0 Å². The molecule has 1 aliphatic rings. The van der Waals surface area contributed by atoms with Gasteiger partial charge in [0.25, 0.3) is 6.17 Å². The number of nitrogens with one attached hydrogen (secondary N) is 2. The molecule has 0 radical (unpaired) electrons. The van der Waals surface area contributed by atoms with Crippen molar-refractivity contribution in [3.8, 4) is 22.8 Å². The molecule has 1 aliphatic heterocycles. The number of phenolic OH excluding ortho intramolecular Hbond substituents is 1. The number of ether oxygens (including phenoxy) is 1. The zero-order chi connectivity index (χ0) is 23.8. The molecule has 1 atom stereocenters. The molecule has 0 bridgehead atoms. The molecule has 0 fully saturated rings. The fourth-order valence-electron chi connectivity index (χ4n) is 3.86. The number of hydrogen-bond acceptors (Lipinski definition) is 6. The maximum absolute atomic E-state index is 13.3. The number of thioether (sulfide) groups is 1. The summed E-state index contributed by atoms with van der Waals surface area (Å²) in [6, 6.07) is 19.3. The van der Waals surface area contributed by atoms with E-state index in [0.29, 0.717) is 31.3 Å². The van der Waals surface area contributed by atoms with Crippen molar-refractivity contribution in [3.05, 3.63) is 91.1 Å². The highest BCUT2D eigenvalue weighted by Crippen LogP contribution is 2.44. The quantitative estimate of drug-likeness (QED) is 0.214. The number of fused-ring (bicyclic) bond motifs is 3. The smallest absolute Gasteiger partial charge is 0.325 e. The number of aromatic hydroxyl groups is 1. The van der Waals surface area contributed by atoms with Gasteiger partial charge in [-0.15, -0.1) is 0 Å². The van der Waals surface area contributed by atoms with Crippen molar-refractivity contribution in [2.75, 3.05) is 12.4 Å². The van der Waals surface area contributed by atoms with Crippen LogP contribution in [0.5, 0.6) is 11.5 Å². The molecule has 0 amide bonds. The number of rotatable bonds is 5. The van der Waals surface area contributed by atoms with Crippen LogP contribution >= 0.6 is 43.6 Å². The van der Waals surface area contributed by atoms with Gasteiger partial charge < -0.3 is 15.2 Å². The Morgan fingerprint density at radius 2 is 1.85 bits per heavy atom. The molecule has 172 valence electrons. The lowest BCUT2D eigenvalue weighted by molar-refractivity contribution is -0.759. The maximum atomic E-state index is 13.3. The van der Waals surface area contributed by atoms with Crippen molar-refractivity contribution >= 4 is 49.3 Å². The van der Waals surface area contributed by atoms with E-state index in [1.165, 1.54) is 18.9 Å². The average molecular weight is 603 g/mol. The first-order valence-electron chi connectivity index (χ1n) is 10.3. The summed E-state index contributed by atoms with van der Waals surface area (Å²) in [6.07, 6.45) is -0.538. The Morgan fingerprint density at radius 1 is 1.12 bits per heavy atom. The van der Waals surface area contributed by atoms with Gasteiger partial charge in [0.1, 0.15) is 0 Å². The van der Waals surface area contributed by atoms with Gasteiger partial charge in [-0.05, 0) is 60.3 Å². The van der Waals surface area contributed by atoms with Crippen LogP contribution in [-0.4, -0.2) is 22.3 Å². The molecule has 5 rings (SSSR count). The van der Waals surface area contributed by atoms with Crippen LogP contribution in [0.4, 0.5) is 5.69 Å². The molecule has 4 aromatic rings. The number of para-hydroxylation sites is 1. The Balaban J connectivity index is 1.66. The van der Waals surface area contributed by atoms with Gasteiger partial charge in [-0.3, -0.25) is 9.78 Å². The van der Waals surface area contributed by atoms with Crippen molar-refractivity contribution in [1.82, 2.24) is 10.1 Å². The van der Waals surface area contributed by atoms with Gasteiger partial charge in [0.15, 0.2) is 11.5 Å². The van der Waals surface area contributed by atoms with Gasteiger partial charge in [0, 0.05) is 15.3 Å². The molecule has 10 heteroatoms. The SMILES string of the molecule is COc1cc([C@H]2Nc3ccccc3-c3c(=O)[nH]c(SCc4ccccc4)n[n+]32)c(Br)c(Br)c1O. The third-order valence-electron chi connectivity index (χ3n) is 5.49. The van der Waals surface area contributed by atoms with Crippen molar-refractivity contribution in [2.24, 2.45) is 0 Å². The summed E-state index contributed by atoms with van der Waals surface area (Å²) in [5, 5.41) is 19.2. The normalized spacial score (nSPS) is 14.1. The van der Waals surface area contributed by atoms with Gasteiger partial charge >= 0.3 is 11.3 Å². The number of halogens is 2. The summed E-state index contributed by atoms with van der Waals surface area (Å²) < 4.78 is 8.15. The van der Waals surface area contributed by atoms with Crippen molar-refractivity contribution in [1.29, 1.82) is 0 Å². The summed E-state index contributed by atoms with van der Waals surface area (Å²) in [4.78, 5) is 16.3. The molecular weight excluding hydrogens is 584 g/mol. The number of benzene rings is 3. The maximum Gasteiger partial charge on any atom is 0.325 e. The van der Waals surface area contributed by atoms with Gasteiger partial charge in [-0.25, -0.2) is 0 Å². The molecule has 34 heavy (non-hydrogen) atoms. The molecule has 0 aliphatic carbocycles. The molecular formula is C24H19Br2N4O3S+. The standard InChI is InChI=1S/C24H18Br2N4O3S/c1-33-17-11-15(18(25)19(26)21(17)31)22-27-16-10-6-5-9-14(16)20-23(32)28-24(29-30(20)22)34-12-13-7-3-2-4-8-13/h2-11,22H,12H2,1H3,(H2,28,29,31,32)/p+1/t22-/m0/s1. The van der Waals surface area contributed by atoms with Crippen LogP contribution < -0.4 is 20.3 Å². The van der Waals surface area contributed by atoms with E-state index >= 15 is 0 Å². The van der Waals surface area contributed by atoms with E-state index in [4.69, 9.17) is 9.84 Å². The number of aromatic nitrogens is 3. The second-order valence-corrected chi connectivity index (χ2v) is 10.1. The number of methoxy groups -OCH3 is 1. The number of H-pyrrole nitrogens is 1. The highest BCUT2D eigenvalue weighted by Gasteiger charge is 2.39. The summed E-state index contributed by atoms with van der Waals surface area (Å²) in [5.41, 5.74) is 3.64. The third-order valence-corrected chi connectivity index (χ3v) is 8.58. The molecule has 3 aromatic carbocycles. The zero-order valence-corrected chi connectivity index (χ0v) is 21.9. The Morgan fingerprint density at radius 3 is 2.62 bits per heavy atom. The molecule has 3 N–H and O–H groups in total. The number of nitrogens with zero attached hydrogens (tertiary/aromatic N) is 2. The lowest BCUT2D eigenvalue weighted by Crippen LogP contribution is -2.55. The Bertz CT molecular complexity index is 1450. The van der Waals surface area contributed by atoms with Crippen LogP contribution in [0.15, 0.2) is 79.6 Å². The summed E-state index contributed by atoms with van der Waals surface area (Å²) in [5.74, 6) is 0.953. The first-order valence-corrected chi connectivity index (χ1v) is 12.9. The van der Waals surface area contributed by atoms with E-state index in [2.05, 4.69) is 42.2 Å². The van der Waals surface area contributed by atoms with Crippen LogP contribution in [0.25, 0.3) is 11.3 Å². The lowest BCUT2D eigenvalue weighted by atomic mass is 10.0. The van der Waals surface area contributed by atoms with Gasteiger partial charge in [-0.2, -0.15) is 0 Å². The highest BCUT2D eigenvalue weighted by molar-refractivity contribution is 9.13. The topological polar surface area (TPSA) is 91.1 Å². The minimum absolute atomic E-state index is 0.0162. The van der Waals surface area contributed by atoms with Crippen LogP contribution in [0, 0.1) is 0 Å². The number of hydrogen-bond donors (Lipinski definition) is 3. The molecule has 1 aromatic heterocycles. The second kappa shape index (κ2) is 9.44. The van der Waals surface area contributed by atoms with E-state index in [-0.39, 0.29) is 11.3 Å². The van der Waals surface area contributed by atoms with E-state index in [9.17, 15) is 9.90 Å². The molecule has 7 nitrogen and oxygen atoms in total. The Labute approximate surface area is 216 Å². The highest BCUT2D eigenvalue weighted by atomic mass is 79.9. The van der Waals surface area contributed by atoms with Gasteiger partial charge in [0.05, 0.1) is 28.4 Å². The largest absolute Gasteiger partial charge is 0.503 e. The average Bonchev–Trinajstić information content (AvgIpc) is 2.86. The monoisotopic (exact) mass is 601 g/mol. The van der Waals surface area contributed by atoms with Crippen molar-refractivity contribution in [2.45, 2.75) is 17.1 Å². The Hall–Kier alpha value is -2.82. The van der Waals surface area contributed by atoms with Crippen LogP contribution in [-0.2, 0) is 5.75 Å². The zero-order valence-electron chi connectivity index (χ0n) is 17.9. The third kappa shape index (κ3) is 4.10. The predicted octanol–water partition coefficient (Wildman–Crippen LogP) is 5.23. The minimum atomic E-state index is -0.538. The second-order valence-electron chi connectivity index (χ2n) is 7.56. The van der Waals surface area contributed by atoms with Gasteiger partial charge in [0.2, 0.25) is 5.16 Å². The number of aromatic amines is 1. The first-order chi connectivity index (χ1) is 16.5. The molecule has 0 spiro atoms. The van der Waals surface area contributed by atoms with E-state index in [1.54, 1.807) is 10.7 Å². The van der Waals surface area contributed by atoms with E-state index < -0.39 is 6.17 Å². The van der Waals surface area contributed by atoms with Crippen LogP contribution in [0.1, 0.15) is 17.3 Å². The lowest BCUT2D eigenvalue weighted by Gasteiger charge is -2.24. The first kappa shape index (κ1) is 22.9. The fraction of sp³-hybridized carbons (Fsp3) is 0.125.